The predicted octanol–water partition coefficient (Wildman–Crippen LogP) is 2.06. The zero-order chi connectivity index (χ0) is 12.9. The minimum absolute atomic E-state index is 0.0848. The van der Waals surface area contributed by atoms with E-state index < -0.39 is 11.4 Å². The molecule has 17 heavy (non-hydrogen) atoms. The molecule has 0 aliphatic carbocycles. The molecule has 4 heteroatoms. The van der Waals surface area contributed by atoms with Crippen LogP contribution >= 0.6 is 0 Å². The molecule has 4 nitrogen and oxygen atoms in total. The molecule has 0 heterocycles. The lowest BCUT2D eigenvalue weighted by Gasteiger charge is -2.19. The molecule has 0 aliphatic heterocycles. The van der Waals surface area contributed by atoms with Crippen LogP contribution in [0.4, 0.5) is 0 Å². The highest BCUT2D eigenvalue weighted by atomic mass is 16.5. The first-order chi connectivity index (χ1) is 7.97. The largest absolute Gasteiger partial charge is 0.493 e. The summed E-state index contributed by atoms with van der Waals surface area (Å²) in [6, 6.07) is 7.17. The molecular weight excluding hydrogens is 220 g/mol. The molecule has 0 atom stereocenters. The van der Waals surface area contributed by atoms with Crippen molar-refractivity contribution in [2.45, 2.75) is 26.9 Å². The normalized spacial score (nSPS) is 11.2. The van der Waals surface area contributed by atoms with E-state index in [-0.39, 0.29) is 6.61 Å². The summed E-state index contributed by atoms with van der Waals surface area (Å²) in [7, 11) is 0. The van der Waals surface area contributed by atoms with Crippen LogP contribution < -0.4 is 4.74 Å². The number of aliphatic carboxylic acids is 1. The average molecular weight is 238 g/mol. The lowest BCUT2D eigenvalue weighted by atomic mass is 9.90. The molecule has 0 radical (unpaired) electrons. The lowest BCUT2D eigenvalue weighted by Crippen LogP contribution is -2.26. The van der Waals surface area contributed by atoms with E-state index in [1.807, 2.05) is 12.1 Å². The third kappa shape index (κ3) is 3.75. The van der Waals surface area contributed by atoms with Gasteiger partial charge >= 0.3 is 5.97 Å². The molecule has 0 bridgehead atoms. The van der Waals surface area contributed by atoms with Crippen LogP contribution in [-0.2, 0) is 11.4 Å². The summed E-state index contributed by atoms with van der Waals surface area (Å²) in [5.41, 5.74) is -0.0885. The van der Waals surface area contributed by atoms with Gasteiger partial charge in [-0.3, -0.25) is 4.79 Å². The SMILES string of the molecule is CC(C)(CCOc1ccccc1CO)C(=O)O. The summed E-state index contributed by atoms with van der Waals surface area (Å²) in [5, 5.41) is 18.0. The Hall–Kier alpha value is -1.55. The van der Waals surface area contributed by atoms with Gasteiger partial charge in [-0.05, 0) is 26.3 Å². The van der Waals surface area contributed by atoms with Gasteiger partial charge in [-0.15, -0.1) is 0 Å². The Morgan fingerprint density at radius 2 is 2.00 bits per heavy atom. The average Bonchev–Trinajstić information content (AvgIpc) is 2.29. The fourth-order valence-electron chi connectivity index (χ4n) is 1.30. The zero-order valence-corrected chi connectivity index (χ0v) is 10.1. The van der Waals surface area contributed by atoms with Crippen LogP contribution in [0.2, 0.25) is 0 Å². The lowest BCUT2D eigenvalue weighted by molar-refractivity contribution is -0.147. The Bertz CT molecular complexity index is 385. The smallest absolute Gasteiger partial charge is 0.309 e. The summed E-state index contributed by atoms with van der Waals surface area (Å²) in [4.78, 5) is 10.9. The van der Waals surface area contributed by atoms with Crippen molar-refractivity contribution in [1.29, 1.82) is 0 Å². The molecule has 94 valence electrons. The molecule has 0 aromatic heterocycles. The van der Waals surface area contributed by atoms with Crippen LogP contribution in [-0.4, -0.2) is 22.8 Å². The number of benzene rings is 1. The number of hydrogen-bond donors (Lipinski definition) is 2. The van der Waals surface area contributed by atoms with Crippen LogP contribution in [0, 0.1) is 5.41 Å². The number of carbonyl (C=O) groups is 1. The maximum absolute atomic E-state index is 10.9. The third-order valence-corrected chi connectivity index (χ3v) is 2.71. The molecule has 2 N–H and O–H groups in total. The molecule has 0 spiro atoms. The molecule has 1 rings (SSSR count). The van der Waals surface area contributed by atoms with E-state index in [9.17, 15) is 4.79 Å². The number of carboxylic acid groups (broad SMARTS) is 1. The van der Waals surface area contributed by atoms with Crippen molar-refractivity contribution < 1.29 is 19.7 Å². The van der Waals surface area contributed by atoms with Crippen molar-refractivity contribution >= 4 is 5.97 Å². The predicted molar refractivity (Wildman–Crippen MR) is 63.9 cm³/mol. The first kappa shape index (κ1) is 13.5. The minimum atomic E-state index is -0.837. The first-order valence-corrected chi connectivity index (χ1v) is 5.52. The fourth-order valence-corrected chi connectivity index (χ4v) is 1.30. The highest BCUT2D eigenvalue weighted by Crippen LogP contribution is 2.23. The van der Waals surface area contributed by atoms with Gasteiger partial charge in [-0.25, -0.2) is 0 Å². The molecule has 0 unspecified atom stereocenters. The molecule has 0 fully saturated rings. The summed E-state index contributed by atoms with van der Waals surface area (Å²) in [6.07, 6.45) is 0.419. The number of para-hydroxylation sites is 1. The van der Waals surface area contributed by atoms with Gasteiger partial charge in [-0.2, -0.15) is 0 Å². The standard InChI is InChI=1S/C13H18O4/c1-13(2,12(15)16)7-8-17-11-6-4-3-5-10(11)9-14/h3-6,14H,7-9H2,1-2H3,(H,15,16). The Morgan fingerprint density at radius 3 is 2.59 bits per heavy atom. The van der Waals surface area contributed by atoms with Crippen molar-refractivity contribution in [3.63, 3.8) is 0 Å². The second-order valence-corrected chi connectivity index (χ2v) is 4.55. The number of hydrogen-bond acceptors (Lipinski definition) is 3. The molecule has 0 saturated carbocycles. The Kier molecular flexibility index (Phi) is 4.52. The number of aliphatic hydroxyl groups is 1. The molecule has 1 aromatic rings. The van der Waals surface area contributed by atoms with E-state index >= 15 is 0 Å². The Morgan fingerprint density at radius 1 is 1.35 bits per heavy atom. The van der Waals surface area contributed by atoms with Gasteiger partial charge in [0, 0.05) is 5.56 Å². The summed E-state index contributed by atoms with van der Waals surface area (Å²) in [5.74, 6) is -0.229. The van der Waals surface area contributed by atoms with E-state index in [4.69, 9.17) is 14.9 Å². The van der Waals surface area contributed by atoms with Gasteiger partial charge in [0.25, 0.3) is 0 Å². The summed E-state index contributed by atoms with van der Waals surface area (Å²) in [6.45, 7) is 3.56. The number of aliphatic hydroxyl groups excluding tert-OH is 1. The number of ether oxygens (including phenoxy) is 1. The molecule has 0 saturated heterocycles. The van der Waals surface area contributed by atoms with E-state index in [1.165, 1.54) is 0 Å². The van der Waals surface area contributed by atoms with Crippen molar-refractivity contribution in [3.8, 4) is 5.75 Å². The van der Waals surface area contributed by atoms with Crippen LogP contribution in [0.3, 0.4) is 0 Å². The zero-order valence-electron chi connectivity index (χ0n) is 10.1. The van der Waals surface area contributed by atoms with Crippen molar-refractivity contribution in [2.24, 2.45) is 5.41 Å². The topological polar surface area (TPSA) is 66.8 Å². The second kappa shape index (κ2) is 5.68. The summed E-state index contributed by atoms with van der Waals surface area (Å²) >= 11 is 0. The van der Waals surface area contributed by atoms with E-state index in [1.54, 1.807) is 26.0 Å². The van der Waals surface area contributed by atoms with Gasteiger partial charge < -0.3 is 14.9 Å². The third-order valence-electron chi connectivity index (χ3n) is 2.71. The molecule has 0 aliphatic rings. The first-order valence-electron chi connectivity index (χ1n) is 5.52. The maximum atomic E-state index is 10.9. The van der Waals surface area contributed by atoms with Crippen LogP contribution in [0.25, 0.3) is 0 Å². The summed E-state index contributed by atoms with van der Waals surface area (Å²) < 4.78 is 5.49. The van der Waals surface area contributed by atoms with Crippen LogP contribution in [0.5, 0.6) is 5.75 Å². The van der Waals surface area contributed by atoms with Crippen LogP contribution in [0.15, 0.2) is 24.3 Å². The molecular formula is C13H18O4. The van der Waals surface area contributed by atoms with E-state index in [2.05, 4.69) is 0 Å². The van der Waals surface area contributed by atoms with Gasteiger partial charge in [0.05, 0.1) is 18.6 Å². The van der Waals surface area contributed by atoms with Crippen molar-refractivity contribution in [2.75, 3.05) is 6.61 Å². The number of carboxylic acids is 1. The highest BCUT2D eigenvalue weighted by Gasteiger charge is 2.26. The van der Waals surface area contributed by atoms with Crippen LogP contribution in [0.1, 0.15) is 25.8 Å². The quantitative estimate of drug-likeness (QED) is 0.796. The maximum Gasteiger partial charge on any atom is 0.309 e. The highest BCUT2D eigenvalue weighted by molar-refractivity contribution is 5.73. The second-order valence-electron chi connectivity index (χ2n) is 4.55. The van der Waals surface area contributed by atoms with Gasteiger partial charge in [0.1, 0.15) is 5.75 Å². The van der Waals surface area contributed by atoms with Crippen molar-refractivity contribution in [1.82, 2.24) is 0 Å². The van der Waals surface area contributed by atoms with Gasteiger partial charge in [0.15, 0.2) is 0 Å². The van der Waals surface area contributed by atoms with Gasteiger partial charge in [0.2, 0.25) is 0 Å². The van der Waals surface area contributed by atoms with Gasteiger partial charge in [-0.1, -0.05) is 18.2 Å². The molecule has 1 aromatic carbocycles. The molecule has 0 amide bonds. The minimum Gasteiger partial charge on any atom is -0.493 e. The van der Waals surface area contributed by atoms with E-state index in [0.717, 1.165) is 0 Å². The number of rotatable bonds is 6. The van der Waals surface area contributed by atoms with Crippen molar-refractivity contribution in [3.05, 3.63) is 29.8 Å². The monoisotopic (exact) mass is 238 g/mol. The fraction of sp³-hybridized carbons (Fsp3) is 0.462. The Balaban J connectivity index is 2.54. The Labute approximate surface area is 101 Å². The van der Waals surface area contributed by atoms with E-state index in [0.29, 0.717) is 24.3 Å².